The van der Waals surface area contributed by atoms with Gasteiger partial charge in [0.2, 0.25) is 0 Å². The lowest BCUT2D eigenvalue weighted by molar-refractivity contribution is -0.140. The van der Waals surface area contributed by atoms with E-state index in [1.165, 1.54) is 0 Å². The molecule has 0 fully saturated rings. The standard InChI is InChI=1S/C16H15F2NO/c17-16(18,12-11-13-7-3-1-4-8-13)15(20)19-14-9-5-2-6-10-14/h1-10H,11-12H2,(H,19,20). The largest absolute Gasteiger partial charge is 0.325 e. The van der Waals surface area contributed by atoms with E-state index in [1.807, 2.05) is 6.07 Å². The number of rotatable bonds is 5. The van der Waals surface area contributed by atoms with Crippen LogP contribution >= 0.6 is 0 Å². The Hall–Kier alpha value is -2.23. The van der Waals surface area contributed by atoms with Gasteiger partial charge in [0, 0.05) is 12.1 Å². The molecule has 4 heteroatoms. The average molecular weight is 275 g/mol. The van der Waals surface area contributed by atoms with Crippen LogP contribution in [0, 0.1) is 0 Å². The van der Waals surface area contributed by atoms with Gasteiger partial charge in [0.1, 0.15) is 0 Å². The molecule has 0 atom stereocenters. The van der Waals surface area contributed by atoms with Crippen molar-refractivity contribution in [2.75, 3.05) is 5.32 Å². The van der Waals surface area contributed by atoms with Crippen molar-refractivity contribution in [3.05, 3.63) is 66.2 Å². The monoisotopic (exact) mass is 275 g/mol. The summed E-state index contributed by atoms with van der Waals surface area (Å²) in [5.74, 6) is -4.65. The van der Waals surface area contributed by atoms with Crippen molar-refractivity contribution < 1.29 is 13.6 Å². The number of carbonyl (C=O) groups excluding carboxylic acids is 1. The number of hydrogen-bond acceptors (Lipinski definition) is 1. The van der Waals surface area contributed by atoms with E-state index in [2.05, 4.69) is 5.32 Å². The van der Waals surface area contributed by atoms with Crippen LogP contribution in [-0.2, 0) is 11.2 Å². The summed E-state index contributed by atoms with van der Waals surface area (Å²) < 4.78 is 27.6. The predicted molar refractivity (Wildman–Crippen MR) is 74.8 cm³/mol. The molecule has 2 aromatic rings. The maximum absolute atomic E-state index is 13.8. The molecule has 0 spiro atoms. The number of para-hydroxylation sites is 1. The first-order chi connectivity index (χ1) is 9.58. The van der Waals surface area contributed by atoms with Crippen molar-refractivity contribution in [3.63, 3.8) is 0 Å². The Labute approximate surface area is 116 Å². The van der Waals surface area contributed by atoms with E-state index in [0.29, 0.717) is 5.69 Å². The highest BCUT2D eigenvalue weighted by Crippen LogP contribution is 2.23. The molecule has 0 unspecified atom stereocenters. The van der Waals surface area contributed by atoms with Gasteiger partial charge < -0.3 is 5.32 Å². The average Bonchev–Trinajstić information content (AvgIpc) is 2.47. The Morgan fingerprint density at radius 2 is 1.50 bits per heavy atom. The summed E-state index contributed by atoms with van der Waals surface area (Å²) in [6, 6.07) is 17.2. The fourth-order valence-corrected chi connectivity index (χ4v) is 1.80. The van der Waals surface area contributed by atoms with Crippen LogP contribution in [0.4, 0.5) is 14.5 Å². The zero-order valence-corrected chi connectivity index (χ0v) is 10.9. The van der Waals surface area contributed by atoms with Crippen molar-refractivity contribution in [1.29, 1.82) is 0 Å². The molecular formula is C16H15F2NO. The van der Waals surface area contributed by atoms with Gasteiger partial charge in [-0.3, -0.25) is 4.79 Å². The number of halogens is 2. The predicted octanol–water partition coefficient (Wildman–Crippen LogP) is 3.89. The third-order valence-electron chi connectivity index (χ3n) is 2.93. The molecule has 2 aromatic carbocycles. The van der Waals surface area contributed by atoms with Crippen LogP contribution in [0.3, 0.4) is 0 Å². The van der Waals surface area contributed by atoms with Gasteiger partial charge in [0.05, 0.1) is 0 Å². The molecule has 1 N–H and O–H groups in total. The summed E-state index contributed by atoms with van der Waals surface area (Å²) in [6.45, 7) is 0. The molecule has 0 heterocycles. The van der Waals surface area contributed by atoms with E-state index in [9.17, 15) is 13.6 Å². The van der Waals surface area contributed by atoms with E-state index in [1.54, 1.807) is 54.6 Å². The number of hydrogen-bond donors (Lipinski definition) is 1. The number of benzene rings is 2. The summed E-state index contributed by atoms with van der Waals surface area (Å²) >= 11 is 0. The molecule has 0 saturated heterocycles. The smallest absolute Gasteiger partial charge is 0.321 e. The van der Waals surface area contributed by atoms with Crippen LogP contribution in [0.15, 0.2) is 60.7 Å². The topological polar surface area (TPSA) is 29.1 Å². The van der Waals surface area contributed by atoms with Crippen LogP contribution in [-0.4, -0.2) is 11.8 Å². The minimum Gasteiger partial charge on any atom is -0.321 e. The summed E-state index contributed by atoms with van der Waals surface area (Å²) in [7, 11) is 0. The van der Waals surface area contributed by atoms with Gasteiger partial charge in [-0.15, -0.1) is 0 Å². The first kappa shape index (κ1) is 14.2. The lowest BCUT2D eigenvalue weighted by Crippen LogP contribution is -2.35. The SMILES string of the molecule is O=C(Nc1ccccc1)C(F)(F)CCc1ccccc1. The van der Waals surface area contributed by atoms with Crippen molar-refractivity contribution in [1.82, 2.24) is 0 Å². The van der Waals surface area contributed by atoms with E-state index in [-0.39, 0.29) is 6.42 Å². The van der Waals surface area contributed by atoms with Gasteiger partial charge in [-0.05, 0) is 24.1 Å². The van der Waals surface area contributed by atoms with E-state index in [0.717, 1.165) is 5.56 Å². The fraction of sp³-hybridized carbons (Fsp3) is 0.188. The molecule has 0 aliphatic rings. The second-order valence-corrected chi connectivity index (χ2v) is 4.51. The zero-order valence-electron chi connectivity index (χ0n) is 10.9. The molecular weight excluding hydrogens is 260 g/mol. The van der Waals surface area contributed by atoms with Crippen LogP contribution in [0.25, 0.3) is 0 Å². The number of alkyl halides is 2. The van der Waals surface area contributed by atoms with Gasteiger partial charge in [0.15, 0.2) is 0 Å². The van der Waals surface area contributed by atoms with Crippen molar-refractivity contribution in [3.8, 4) is 0 Å². The molecule has 0 aromatic heterocycles. The second kappa shape index (κ2) is 6.28. The lowest BCUT2D eigenvalue weighted by atomic mass is 10.1. The molecule has 20 heavy (non-hydrogen) atoms. The summed E-state index contributed by atoms with van der Waals surface area (Å²) in [5, 5.41) is 2.23. The normalized spacial score (nSPS) is 11.1. The quantitative estimate of drug-likeness (QED) is 0.881. The van der Waals surface area contributed by atoms with Gasteiger partial charge in [0.25, 0.3) is 5.91 Å². The highest BCUT2D eigenvalue weighted by Gasteiger charge is 2.38. The Bertz CT molecular complexity index is 555. The number of carbonyl (C=O) groups is 1. The van der Waals surface area contributed by atoms with Crippen LogP contribution in [0.1, 0.15) is 12.0 Å². The summed E-state index contributed by atoms with van der Waals surface area (Å²) in [6.07, 6.45) is -0.342. The molecule has 1 amide bonds. The Morgan fingerprint density at radius 1 is 0.950 bits per heavy atom. The van der Waals surface area contributed by atoms with Gasteiger partial charge in [-0.1, -0.05) is 48.5 Å². The molecule has 0 aliphatic carbocycles. The maximum atomic E-state index is 13.8. The van der Waals surface area contributed by atoms with Gasteiger partial charge in [-0.2, -0.15) is 8.78 Å². The molecule has 0 saturated carbocycles. The summed E-state index contributed by atoms with van der Waals surface area (Å²) in [5.41, 5.74) is 1.16. The maximum Gasteiger partial charge on any atom is 0.325 e. The number of aryl methyl sites for hydroxylation is 1. The van der Waals surface area contributed by atoms with Crippen LogP contribution in [0.5, 0.6) is 0 Å². The third kappa shape index (κ3) is 3.88. The molecule has 104 valence electrons. The molecule has 0 radical (unpaired) electrons. The molecule has 0 aliphatic heterocycles. The Morgan fingerprint density at radius 3 is 2.10 bits per heavy atom. The number of amides is 1. The van der Waals surface area contributed by atoms with E-state index in [4.69, 9.17) is 0 Å². The van der Waals surface area contributed by atoms with Crippen molar-refractivity contribution in [2.24, 2.45) is 0 Å². The summed E-state index contributed by atoms with van der Waals surface area (Å²) in [4.78, 5) is 11.6. The Kier molecular flexibility index (Phi) is 4.45. The second-order valence-electron chi connectivity index (χ2n) is 4.51. The molecule has 0 bridgehead atoms. The minimum absolute atomic E-state index is 0.163. The lowest BCUT2D eigenvalue weighted by Gasteiger charge is -2.16. The number of anilines is 1. The highest BCUT2D eigenvalue weighted by molar-refractivity contribution is 5.95. The Balaban J connectivity index is 1.94. The number of nitrogens with one attached hydrogen (secondary N) is 1. The van der Waals surface area contributed by atoms with Gasteiger partial charge in [-0.25, -0.2) is 0 Å². The van der Waals surface area contributed by atoms with Crippen LogP contribution < -0.4 is 5.32 Å². The molecule has 2 nitrogen and oxygen atoms in total. The highest BCUT2D eigenvalue weighted by atomic mass is 19.3. The van der Waals surface area contributed by atoms with Crippen LogP contribution in [0.2, 0.25) is 0 Å². The molecule has 2 rings (SSSR count). The van der Waals surface area contributed by atoms with Crippen molar-refractivity contribution in [2.45, 2.75) is 18.8 Å². The van der Waals surface area contributed by atoms with Gasteiger partial charge >= 0.3 is 5.92 Å². The first-order valence-electron chi connectivity index (χ1n) is 6.36. The van der Waals surface area contributed by atoms with Crippen molar-refractivity contribution >= 4 is 11.6 Å². The zero-order chi connectivity index (χ0) is 14.4. The minimum atomic E-state index is -3.38. The van der Waals surface area contributed by atoms with E-state index >= 15 is 0 Å². The third-order valence-corrected chi connectivity index (χ3v) is 2.93. The first-order valence-corrected chi connectivity index (χ1v) is 6.36. The fourth-order valence-electron chi connectivity index (χ4n) is 1.80. The van der Waals surface area contributed by atoms with E-state index < -0.39 is 18.3 Å².